The zero-order valence-corrected chi connectivity index (χ0v) is 18.2. The molecular formula is C20H20BrFN4O2S. The average molecular weight is 479 g/mol. The molecule has 4 rings (SSSR count). The molecule has 1 aromatic carbocycles. The summed E-state index contributed by atoms with van der Waals surface area (Å²) in [5.41, 5.74) is 1.49. The molecule has 1 unspecified atom stereocenters. The molecule has 9 heteroatoms. The number of nitrogens with zero attached hydrogens (tertiary/aromatic N) is 3. The fourth-order valence-corrected chi connectivity index (χ4v) is 5.31. The SMILES string of the molecule is CN(CCO)C(=O)C1CCc2c(sc3ncnc(Nc4ccc(Br)cc4F)c23)C1. The van der Waals surface area contributed by atoms with Crippen molar-refractivity contribution in [1.82, 2.24) is 14.9 Å². The van der Waals surface area contributed by atoms with Gasteiger partial charge in [-0.3, -0.25) is 4.79 Å². The van der Waals surface area contributed by atoms with E-state index in [1.165, 1.54) is 12.4 Å². The third-order valence-electron chi connectivity index (χ3n) is 5.19. The summed E-state index contributed by atoms with van der Waals surface area (Å²) in [6, 6.07) is 4.84. The topological polar surface area (TPSA) is 78.3 Å². The highest BCUT2D eigenvalue weighted by molar-refractivity contribution is 9.10. The van der Waals surface area contributed by atoms with Gasteiger partial charge < -0.3 is 15.3 Å². The normalized spacial score (nSPS) is 15.9. The summed E-state index contributed by atoms with van der Waals surface area (Å²) in [4.78, 5) is 24.9. The average Bonchev–Trinajstić information content (AvgIpc) is 3.08. The zero-order valence-electron chi connectivity index (χ0n) is 15.8. The molecule has 0 saturated carbocycles. The molecule has 6 nitrogen and oxygen atoms in total. The molecule has 0 fully saturated rings. The van der Waals surface area contributed by atoms with E-state index in [9.17, 15) is 9.18 Å². The molecule has 0 spiro atoms. The van der Waals surface area contributed by atoms with Gasteiger partial charge in [0.15, 0.2) is 0 Å². The highest BCUT2D eigenvalue weighted by Gasteiger charge is 2.30. The van der Waals surface area contributed by atoms with Crippen molar-refractivity contribution in [3.63, 3.8) is 0 Å². The van der Waals surface area contributed by atoms with Crippen molar-refractivity contribution in [1.29, 1.82) is 0 Å². The van der Waals surface area contributed by atoms with Crippen molar-refractivity contribution in [2.75, 3.05) is 25.5 Å². The standard InChI is InChI=1S/C20H20BrFN4O2S/c1-26(6-7-27)20(28)11-2-4-13-16(8-11)29-19-17(13)18(23-10-24-19)25-15-5-3-12(21)9-14(15)22/h3,5,9-11,27H,2,4,6-8H2,1H3,(H,23,24,25). The lowest BCUT2D eigenvalue weighted by Crippen LogP contribution is -2.37. The summed E-state index contributed by atoms with van der Waals surface area (Å²) in [7, 11) is 1.72. The third-order valence-corrected chi connectivity index (χ3v) is 6.85. The predicted octanol–water partition coefficient (Wildman–Crippen LogP) is 3.89. The molecule has 0 radical (unpaired) electrons. The number of anilines is 2. The van der Waals surface area contributed by atoms with Gasteiger partial charge in [-0.25, -0.2) is 14.4 Å². The number of carbonyl (C=O) groups is 1. The molecule has 3 aromatic rings. The van der Waals surface area contributed by atoms with Crippen molar-refractivity contribution in [2.24, 2.45) is 5.92 Å². The van der Waals surface area contributed by atoms with Gasteiger partial charge in [-0.05, 0) is 43.0 Å². The quantitative estimate of drug-likeness (QED) is 0.581. The van der Waals surface area contributed by atoms with Crippen molar-refractivity contribution in [3.8, 4) is 0 Å². The van der Waals surface area contributed by atoms with Gasteiger partial charge in [0.2, 0.25) is 5.91 Å². The Balaban J connectivity index is 1.65. The number of aliphatic hydroxyl groups is 1. The second-order valence-corrected chi connectivity index (χ2v) is 9.08. The van der Waals surface area contributed by atoms with Gasteiger partial charge in [0.05, 0.1) is 17.7 Å². The van der Waals surface area contributed by atoms with Crippen LogP contribution < -0.4 is 5.32 Å². The number of thiophene rings is 1. The highest BCUT2D eigenvalue weighted by atomic mass is 79.9. The molecule has 2 heterocycles. The summed E-state index contributed by atoms with van der Waals surface area (Å²) in [5.74, 6) is 0.174. The van der Waals surface area contributed by atoms with E-state index in [-0.39, 0.29) is 24.2 Å². The summed E-state index contributed by atoms with van der Waals surface area (Å²) < 4.78 is 15.0. The van der Waals surface area contributed by atoms with Gasteiger partial charge in [-0.2, -0.15) is 0 Å². The number of benzene rings is 1. The van der Waals surface area contributed by atoms with E-state index in [0.29, 0.717) is 28.9 Å². The van der Waals surface area contributed by atoms with Gasteiger partial charge >= 0.3 is 0 Å². The number of aromatic nitrogens is 2. The van der Waals surface area contributed by atoms with Gasteiger partial charge in [-0.15, -0.1) is 11.3 Å². The van der Waals surface area contributed by atoms with Crippen LogP contribution in [0.3, 0.4) is 0 Å². The number of nitrogens with one attached hydrogen (secondary N) is 1. The van der Waals surface area contributed by atoms with Crippen LogP contribution in [0.15, 0.2) is 29.0 Å². The number of rotatable bonds is 5. The number of aliphatic hydroxyl groups excluding tert-OH is 1. The second-order valence-electron chi connectivity index (χ2n) is 7.08. The maximum Gasteiger partial charge on any atom is 0.225 e. The Labute approximate surface area is 179 Å². The molecule has 29 heavy (non-hydrogen) atoms. The van der Waals surface area contributed by atoms with Gasteiger partial charge in [-0.1, -0.05) is 15.9 Å². The maximum absolute atomic E-state index is 14.3. The molecule has 0 bridgehead atoms. The number of hydrogen-bond acceptors (Lipinski definition) is 6. The van der Waals surface area contributed by atoms with Crippen LogP contribution in [0, 0.1) is 11.7 Å². The molecule has 1 aliphatic rings. The summed E-state index contributed by atoms with van der Waals surface area (Å²) >= 11 is 4.83. The van der Waals surface area contributed by atoms with Crippen LogP contribution in [-0.2, 0) is 17.6 Å². The van der Waals surface area contributed by atoms with Crippen molar-refractivity contribution in [2.45, 2.75) is 19.3 Å². The molecule has 0 saturated heterocycles. The minimum atomic E-state index is -0.368. The minimum absolute atomic E-state index is 0.0413. The summed E-state index contributed by atoms with van der Waals surface area (Å²) in [6.45, 7) is 0.299. The lowest BCUT2D eigenvalue weighted by atomic mass is 9.87. The Morgan fingerprint density at radius 2 is 2.28 bits per heavy atom. The molecule has 0 aliphatic heterocycles. The van der Waals surface area contributed by atoms with Crippen molar-refractivity contribution < 1.29 is 14.3 Å². The smallest absolute Gasteiger partial charge is 0.225 e. The first-order valence-electron chi connectivity index (χ1n) is 9.31. The summed E-state index contributed by atoms with van der Waals surface area (Å²) in [5, 5.41) is 13.1. The molecule has 1 amide bonds. The Hall–Kier alpha value is -2.10. The zero-order chi connectivity index (χ0) is 20.5. The fourth-order valence-electron chi connectivity index (χ4n) is 3.71. The molecule has 2 N–H and O–H groups in total. The van der Waals surface area contributed by atoms with Crippen LogP contribution in [0.1, 0.15) is 16.9 Å². The number of carbonyl (C=O) groups excluding carboxylic acids is 1. The Kier molecular flexibility index (Phi) is 5.80. The van der Waals surface area contributed by atoms with Crippen molar-refractivity contribution in [3.05, 3.63) is 45.3 Å². The fraction of sp³-hybridized carbons (Fsp3) is 0.350. The monoisotopic (exact) mass is 478 g/mol. The van der Waals surface area contributed by atoms with E-state index >= 15 is 0 Å². The number of hydrogen-bond donors (Lipinski definition) is 2. The Bertz CT molecular complexity index is 1070. The van der Waals surface area contributed by atoms with E-state index in [1.807, 2.05) is 0 Å². The highest BCUT2D eigenvalue weighted by Crippen LogP contribution is 2.41. The number of likely N-dealkylation sites (N-methyl/N-ethyl adjacent to an activating group) is 1. The first kappa shape index (κ1) is 20.2. The van der Waals surface area contributed by atoms with Crippen LogP contribution >= 0.6 is 27.3 Å². The maximum atomic E-state index is 14.3. The molecule has 152 valence electrons. The molecule has 1 aliphatic carbocycles. The number of amides is 1. The van der Waals surface area contributed by atoms with E-state index < -0.39 is 0 Å². The lowest BCUT2D eigenvalue weighted by molar-refractivity contribution is -0.135. The van der Waals surface area contributed by atoms with Crippen LogP contribution in [0.2, 0.25) is 0 Å². The van der Waals surface area contributed by atoms with E-state index in [0.717, 1.165) is 33.5 Å². The van der Waals surface area contributed by atoms with Gasteiger partial charge in [0, 0.05) is 28.9 Å². The van der Waals surface area contributed by atoms with Gasteiger partial charge in [0.1, 0.15) is 22.8 Å². The Morgan fingerprint density at radius 1 is 1.45 bits per heavy atom. The van der Waals surface area contributed by atoms with Crippen LogP contribution in [0.4, 0.5) is 15.9 Å². The minimum Gasteiger partial charge on any atom is -0.395 e. The first-order valence-corrected chi connectivity index (χ1v) is 10.9. The number of aryl methyl sites for hydroxylation is 1. The number of halogens is 2. The van der Waals surface area contributed by atoms with Crippen LogP contribution in [-0.4, -0.2) is 46.1 Å². The van der Waals surface area contributed by atoms with Gasteiger partial charge in [0.25, 0.3) is 0 Å². The van der Waals surface area contributed by atoms with E-state index in [1.54, 1.807) is 35.4 Å². The van der Waals surface area contributed by atoms with E-state index in [4.69, 9.17) is 5.11 Å². The van der Waals surface area contributed by atoms with Crippen LogP contribution in [0.5, 0.6) is 0 Å². The predicted molar refractivity (Wildman–Crippen MR) is 115 cm³/mol. The number of fused-ring (bicyclic) bond motifs is 3. The third kappa shape index (κ3) is 3.99. The van der Waals surface area contributed by atoms with Crippen LogP contribution in [0.25, 0.3) is 10.2 Å². The first-order chi connectivity index (χ1) is 14.0. The Morgan fingerprint density at radius 3 is 3.03 bits per heavy atom. The molecule has 1 atom stereocenters. The van der Waals surface area contributed by atoms with Crippen molar-refractivity contribution >= 4 is 54.9 Å². The summed E-state index contributed by atoms with van der Waals surface area (Å²) in [6.07, 6.45) is 3.59. The lowest BCUT2D eigenvalue weighted by Gasteiger charge is -2.26. The largest absolute Gasteiger partial charge is 0.395 e. The molecular weight excluding hydrogens is 459 g/mol. The second kappa shape index (κ2) is 8.33. The molecule has 2 aromatic heterocycles. The van der Waals surface area contributed by atoms with E-state index in [2.05, 4.69) is 31.2 Å².